The number of primary amides is 1. The van der Waals surface area contributed by atoms with Gasteiger partial charge in [0.15, 0.2) is 0 Å². The lowest BCUT2D eigenvalue weighted by Crippen LogP contribution is -2.45. The van der Waals surface area contributed by atoms with E-state index in [1.807, 2.05) is 0 Å². The molecular weight excluding hydrogens is 187 g/mol. The van der Waals surface area contributed by atoms with E-state index in [9.17, 15) is 9.18 Å². The zero-order chi connectivity index (χ0) is 10.7. The quantitative estimate of drug-likeness (QED) is 0.453. The van der Waals surface area contributed by atoms with Crippen LogP contribution in [-0.2, 0) is 0 Å². The lowest BCUT2D eigenvalue weighted by atomic mass is 10.3. The summed E-state index contributed by atoms with van der Waals surface area (Å²) in [5.41, 5.74) is 9.89. The number of anilines is 1. The number of guanidine groups is 1. The Bertz CT molecular complexity index is 365. The van der Waals surface area contributed by atoms with Crippen molar-refractivity contribution in [1.29, 1.82) is 5.41 Å². The molecule has 1 rings (SSSR count). The Hall–Kier alpha value is -2.11. The van der Waals surface area contributed by atoms with Crippen LogP contribution in [0.1, 0.15) is 0 Å². The molecule has 0 aliphatic rings. The van der Waals surface area contributed by atoms with Gasteiger partial charge in [0.2, 0.25) is 5.96 Å². The molecule has 1 aromatic carbocycles. The molecule has 0 atom stereocenters. The highest BCUT2D eigenvalue weighted by Crippen LogP contribution is 2.17. The van der Waals surface area contributed by atoms with Crippen LogP contribution >= 0.6 is 0 Å². The maximum absolute atomic E-state index is 13.2. The molecule has 0 aliphatic carbocycles. The number of carbonyl (C=O) groups is 1. The molecule has 0 radical (unpaired) electrons. The third-order valence-corrected chi connectivity index (χ3v) is 1.55. The molecule has 0 aliphatic heterocycles. The van der Waals surface area contributed by atoms with E-state index in [4.69, 9.17) is 16.9 Å². The van der Waals surface area contributed by atoms with Gasteiger partial charge in [-0.3, -0.25) is 5.41 Å². The van der Waals surface area contributed by atoms with Crippen LogP contribution in [0.4, 0.5) is 14.9 Å². The second-order valence-electron chi connectivity index (χ2n) is 2.51. The van der Waals surface area contributed by atoms with Gasteiger partial charge in [0.25, 0.3) is 0 Å². The van der Waals surface area contributed by atoms with Crippen LogP contribution in [0.25, 0.3) is 0 Å². The number of nitrogens with two attached hydrogens (primary N) is 2. The first-order chi connectivity index (χ1) is 6.54. The van der Waals surface area contributed by atoms with Crippen molar-refractivity contribution in [2.45, 2.75) is 0 Å². The van der Waals surface area contributed by atoms with E-state index in [1.165, 1.54) is 18.2 Å². The zero-order valence-corrected chi connectivity index (χ0v) is 7.20. The Morgan fingerprint density at radius 2 is 1.93 bits per heavy atom. The predicted octanol–water partition coefficient (Wildman–Crippen LogP) is 0.604. The van der Waals surface area contributed by atoms with E-state index in [0.717, 1.165) is 6.07 Å². The Morgan fingerprint density at radius 3 is 2.36 bits per heavy atom. The average molecular weight is 196 g/mol. The van der Waals surface area contributed by atoms with E-state index < -0.39 is 17.8 Å². The number of amides is 2. The van der Waals surface area contributed by atoms with E-state index in [-0.39, 0.29) is 5.69 Å². The number of rotatable bonds is 1. The summed E-state index contributed by atoms with van der Waals surface area (Å²) in [6.07, 6.45) is 0. The molecule has 6 heteroatoms. The lowest BCUT2D eigenvalue weighted by molar-refractivity contribution is 0.256. The van der Waals surface area contributed by atoms with Gasteiger partial charge in [0, 0.05) is 0 Å². The fourth-order valence-corrected chi connectivity index (χ4v) is 1.00. The summed E-state index contributed by atoms with van der Waals surface area (Å²) in [6, 6.07) is 4.42. The van der Waals surface area contributed by atoms with Crippen LogP contribution in [0.5, 0.6) is 0 Å². The van der Waals surface area contributed by atoms with Crippen molar-refractivity contribution >= 4 is 17.7 Å². The van der Waals surface area contributed by atoms with Gasteiger partial charge in [0.1, 0.15) is 5.82 Å². The standard InChI is InChI=1S/C8H9FN4O/c9-5-3-1-2-4-6(5)13(7(10)11)8(12)14/h1-4H,(H3,10,11)(H2,12,14). The fourth-order valence-electron chi connectivity index (χ4n) is 1.00. The molecule has 0 aromatic heterocycles. The highest BCUT2D eigenvalue weighted by atomic mass is 19.1. The van der Waals surface area contributed by atoms with Gasteiger partial charge in [-0.15, -0.1) is 0 Å². The topological polar surface area (TPSA) is 96.2 Å². The molecule has 0 fully saturated rings. The average Bonchev–Trinajstić information content (AvgIpc) is 2.07. The highest BCUT2D eigenvalue weighted by molar-refractivity contribution is 6.13. The van der Waals surface area contributed by atoms with Crippen molar-refractivity contribution in [1.82, 2.24) is 0 Å². The third-order valence-electron chi connectivity index (χ3n) is 1.55. The van der Waals surface area contributed by atoms with Gasteiger partial charge in [-0.25, -0.2) is 14.1 Å². The molecule has 0 unspecified atom stereocenters. The van der Waals surface area contributed by atoms with Gasteiger partial charge in [-0.05, 0) is 12.1 Å². The molecule has 2 amide bonds. The number of hydrogen-bond donors (Lipinski definition) is 3. The summed E-state index contributed by atoms with van der Waals surface area (Å²) in [5.74, 6) is -1.29. The molecule has 0 saturated heterocycles. The molecule has 1 aromatic rings. The number of urea groups is 1. The minimum atomic E-state index is -0.998. The fraction of sp³-hybridized carbons (Fsp3) is 0. The van der Waals surface area contributed by atoms with Crippen molar-refractivity contribution < 1.29 is 9.18 Å². The number of para-hydroxylation sites is 1. The maximum Gasteiger partial charge on any atom is 0.326 e. The van der Waals surface area contributed by atoms with Gasteiger partial charge < -0.3 is 11.5 Å². The largest absolute Gasteiger partial charge is 0.369 e. The van der Waals surface area contributed by atoms with Crippen molar-refractivity contribution in [3.8, 4) is 0 Å². The van der Waals surface area contributed by atoms with Crippen LogP contribution in [0.15, 0.2) is 24.3 Å². The molecule has 0 bridgehead atoms. The van der Waals surface area contributed by atoms with Crippen molar-refractivity contribution in [2.24, 2.45) is 11.5 Å². The highest BCUT2D eigenvalue weighted by Gasteiger charge is 2.18. The number of benzene rings is 1. The van der Waals surface area contributed by atoms with Crippen LogP contribution in [-0.4, -0.2) is 12.0 Å². The summed E-state index contributed by atoms with van der Waals surface area (Å²) < 4.78 is 13.2. The molecule has 74 valence electrons. The minimum Gasteiger partial charge on any atom is -0.369 e. The van der Waals surface area contributed by atoms with Gasteiger partial charge in [0.05, 0.1) is 5.69 Å². The van der Waals surface area contributed by atoms with Crippen LogP contribution < -0.4 is 16.4 Å². The molecule has 0 saturated carbocycles. The molecule has 5 N–H and O–H groups in total. The SMILES string of the molecule is N=C(N)N(C(N)=O)c1ccccc1F. The summed E-state index contributed by atoms with van der Waals surface area (Å²) >= 11 is 0. The first-order valence-electron chi connectivity index (χ1n) is 3.72. The number of nitrogens with one attached hydrogen (secondary N) is 1. The summed E-state index contributed by atoms with van der Waals surface area (Å²) in [5, 5.41) is 7.05. The molecule has 0 spiro atoms. The normalized spacial score (nSPS) is 9.50. The van der Waals surface area contributed by atoms with Crippen LogP contribution in [0, 0.1) is 11.2 Å². The number of carbonyl (C=O) groups excluding carboxylic acids is 1. The van der Waals surface area contributed by atoms with Crippen LogP contribution in [0.3, 0.4) is 0 Å². The van der Waals surface area contributed by atoms with E-state index >= 15 is 0 Å². The van der Waals surface area contributed by atoms with Gasteiger partial charge in [-0.1, -0.05) is 12.1 Å². The van der Waals surface area contributed by atoms with Crippen LogP contribution in [0.2, 0.25) is 0 Å². The van der Waals surface area contributed by atoms with Crippen molar-refractivity contribution in [3.63, 3.8) is 0 Å². The summed E-state index contributed by atoms with van der Waals surface area (Å²) in [4.78, 5) is 11.4. The number of hydrogen-bond acceptors (Lipinski definition) is 2. The summed E-state index contributed by atoms with van der Waals surface area (Å²) in [6.45, 7) is 0. The predicted molar refractivity (Wildman–Crippen MR) is 50.4 cm³/mol. The third kappa shape index (κ3) is 1.79. The second-order valence-corrected chi connectivity index (χ2v) is 2.51. The van der Waals surface area contributed by atoms with E-state index in [1.54, 1.807) is 0 Å². The molecule has 14 heavy (non-hydrogen) atoms. The monoisotopic (exact) mass is 196 g/mol. The van der Waals surface area contributed by atoms with Gasteiger partial charge >= 0.3 is 6.03 Å². The Morgan fingerprint density at radius 1 is 1.36 bits per heavy atom. The number of halogens is 1. The first-order valence-corrected chi connectivity index (χ1v) is 3.72. The Labute approximate surface area is 79.6 Å². The Kier molecular flexibility index (Phi) is 2.66. The lowest BCUT2D eigenvalue weighted by Gasteiger charge is -2.18. The zero-order valence-electron chi connectivity index (χ0n) is 7.20. The second kappa shape index (κ2) is 3.73. The molecule has 0 heterocycles. The van der Waals surface area contributed by atoms with Crippen molar-refractivity contribution in [3.05, 3.63) is 30.1 Å². The first kappa shape index (κ1) is 9.97. The maximum atomic E-state index is 13.2. The minimum absolute atomic E-state index is 0.132. The van der Waals surface area contributed by atoms with Gasteiger partial charge in [-0.2, -0.15) is 0 Å². The number of nitrogens with zero attached hydrogens (tertiary/aromatic N) is 1. The summed E-state index contributed by atoms with van der Waals surface area (Å²) in [7, 11) is 0. The molecular formula is C8H9FN4O. The Balaban J connectivity index is 3.18. The van der Waals surface area contributed by atoms with E-state index in [0.29, 0.717) is 4.90 Å². The van der Waals surface area contributed by atoms with E-state index in [2.05, 4.69) is 0 Å². The van der Waals surface area contributed by atoms with Crippen molar-refractivity contribution in [2.75, 3.05) is 4.90 Å². The molecule has 5 nitrogen and oxygen atoms in total. The smallest absolute Gasteiger partial charge is 0.326 e.